The third-order valence-electron chi connectivity index (χ3n) is 4.45. The van der Waals surface area contributed by atoms with Gasteiger partial charge in [-0.2, -0.15) is 0 Å². The lowest BCUT2D eigenvalue weighted by molar-refractivity contribution is 0.300. The van der Waals surface area contributed by atoms with Crippen molar-refractivity contribution in [1.82, 2.24) is 4.98 Å². The van der Waals surface area contributed by atoms with Gasteiger partial charge in [-0.3, -0.25) is 0 Å². The molecule has 1 aromatic carbocycles. The molecule has 0 unspecified atom stereocenters. The zero-order valence-electron chi connectivity index (χ0n) is 11.6. The summed E-state index contributed by atoms with van der Waals surface area (Å²) in [6.45, 7) is 2.71. The predicted molar refractivity (Wildman–Crippen MR) is 77.2 cm³/mol. The molecule has 3 nitrogen and oxygen atoms in total. The maximum atomic E-state index is 6.09. The molecule has 0 amide bonds. The smallest absolute Gasteiger partial charge is 0.202 e. The number of nitrogens with two attached hydrogens (primary N) is 1. The summed E-state index contributed by atoms with van der Waals surface area (Å²) in [6.07, 6.45) is 7.29. The van der Waals surface area contributed by atoms with Crippen LogP contribution in [0.1, 0.15) is 50.0 Å². The van der Waals surface area contributed by atoms with Gasteiger partial charge in [0, 0.05) is 6.54 Å². The van der Waals surface area contributed by atoms with Crippen LogP contribution in [-0.2, 0) is 5.41 Å². The highest BCUT2D eigenvalue weighted by atomic mass is 16.3. The van der Waals surface area contributed by atoms with Gasteiger partial charge in [-0.25, -0.2) is 4.98 Å². The molecular weight excluding hydrogens is 236 g/mol. The van der Waals surface area contributed by atoms with Crippen LogP contribution in [0.5, 0.6) is 0 Å². The van der Waals surface area contributed by atoms with Crippen molar-refractivity contribution in [3.63, 3.8) is 0 Å². The monoisotopic (exact) mass is 258 g/mol. The lowest BCUT2D eigenvalue weighted by Gasteiger charge is -2.27. The van der Waals surface area contributed by atoms with Gasteiger partial charge in [0.05, 0.1) is 5.41 Å². The Hall–Kier alpha value is -1.35. The standard InChI is InChI=1S/C16H22N2O/c1-12-6-7-13-14(10-12)19-15(18-13)16(11-17)8-4-2-3-5-9-16/h6-7,10H,2-5,8-9,11,17H2,1H3. The van der Waals surface area contributed by atoms with Crippen molar-refractivity contribution in [2.75, 3.05) is 6.54 Å². The van der Waals surface area contributed by atoms with Gasteiger partial charge in [-0.05, 0) is 37.5 Å². The van der Waals surface area contributed by atoms with Crippen LogP contribution in [0.15, 0.2) is 22.6 Å². The summed E-state index contributed by atoms with van der Waals surface area (Å²) < 4.78 is 6.05. The number of aryl methyl sites for hydroxylation is 1. The van der Waals surface area contributed by atoms with Crippen LogP contribution in [0.2, 0.25) is 0 Å². The van der Waals surface area contributed by atoms with Crippen molar-refractivity contribution in [2.24, 2.45) is 5.73 Å². The average molecular weight is 258 g/mol. The quantitative estimate of drug-likeness (QED) is 0.836. The number of aromatic nitrogens is 1. The van der Waals surface area contributed by atoms with E-state index in [0.29, 0.717) is 6.54 Å². The first kappa shape index (κ1) is 12.7. The van der Waals surface area contributed by atoms with Gasteiger partial charge < -0.3 is 10.2 Å². The highest BCUT2D eigenvalue weighted by Gasteiger charge is 2.36. The lowest BCUT2D eigenvalue weighted by Crippen LogP contribution is -2.35. The molecule has 19 heavy (non-hydrogen) atoms. The fraction of sp³-hybridized carbons (Fsp3) is 0.562. The number of hydrogen-bond acceptors (Lipinski definition) is 3. The molecule has 0 atom stereocenters. The number of benzene rings is 1. The van der Waals surface area contributed by atoms with Crippen molar-refractivity contribution >= 4 is 11.1 Å². The van der Waals surface area contributed by atoms with Gasteiger partial charge in [0.15, 0.2) is 5.58 Å². The van der Waals surface area contributed by atoms with Gasteiger partial charge in [-0.15, -0.1) is 0 Å². The van der Waals surface area contributed by atoms with Crippen molar-refractivity contribution < 1.29 is 4.42 Å². The molecule has 1 aliphatic rings. The zero-order valence-corrected chi connectivity index (χ0v) is 11.6. The van der Waals surface area contributed by atoms with Gasteiger partial charge in [0.2, 0.25) is 5.89 Å². The van der Waals surface area contributed by atoms with Crippen molar-refractivity contribution in [3.8, 4) is 0 Å². The Morgan fingerprint density at radius 1 is 1.21 bits per heavy atom. The lowest BCUT2D eigenvalue weighted by atomic mass is 9.80. The van der Waals surface area contributed by atoms with Crippen LogP contribution in [0.4, 0.5) is 0 Å². The SMILES string of the molecule is Cc1ccc2nc(C3(CN)CCCCCC3)oc2c1. The molecule has 3 heteroatoms. The van der Waals surface area contributed by atoms with E-state index in [0.717, 1.165) is 29.8 Å². The Morgan fingerprint density at radius 3 is 2.63 bits per heavy atom. The Labute approximate surface area is 114 Å². The fourth-order valence-electron chi connectivity index (χ4n) is 3.17. The minimum atomic E-state index is -0.0383. The molecule has 3 rings (SSSR count). The summed E-state index contributed by atoms with van der Waals surface area (Å²) in [4.78, 5) is 4.72. The van der Waals surface area contributed by atoms with Crippen molar-refractivity contribution in [3.05, 3.63) is 29.7 Å². The highest BCUT2D eigenvalue weighted by Crippen LogP contribution is 2.38. The third kappa shape index (κ3) is 2.27. The molecule has 0 saturated heterocycles. The maximum Gasteiger partial charge on any atom is 0.202 e. The second kappa shape index (κ2) is 4.97. The minimum Gasteiger partial charge on any atom is -0.440 e. The summed E-state index contributed by atoms with van der Waals surface area (Å²) in [6, 6.07) is 6.18. The summed E-state index contributed by atoms with van der Waals surface area (Å²) in [7, 11) is 0. The second-order valence-electron chi connectivity index (χ2n) is 5.89. The van der Waals surface area contributed by atoms with Crippen LogP contribution in [0.3, 0.4) is 0 Å². The normalized spacial score (nSPS) is 19.5. The Balaban J connectivity index is 2.04. The van der Waals surface area contributed by atoms with E-state index in [-0.39, 0.29) is 5.41 Å². The number of fused-ring (bicyclic) bond motifs is 1. The molecule has 2 N–H and O–H groups in total. The third-order valence-corrected chi connectivity index (χ3v) is 4.45. The first-order chi connectivity index (χ1) is 9.23. The number of nitrogens with zero attached hydrogens (tertiary/aromatic N) is 1. The van der Waals surface area contributed by atoms with Crippen LogP contribution >= 0.6 is 0 Å². The van der Waals surface area contributed by atoms with E-state index in [9.17, 15) is 0 Å². The van der Waals surface area contributed by atoms with E-state index < -0.39 is 0 Å². The Morgan fingerprint density at radius 2 is 1.95 bits per heavy atom. The molecule has 0 bridgehead atoms. The van der Waals surface area contributed by atoms with E-state index in [2.05, 4.69) is 19.1 Å². The average Bonchev–Trinajstić information content (AvgIpc) is 2.69. The van der Waals surface area contributed by atoms with Crippen LogP contribution in [-0.4, -0.2) is 11.5 Å². The van der Waals surface area contributed by atoms with Crippen molar-refractivity contribution in [2.45, 2.75) is 50.9 Å². The van der Waals surface area contributed by atoms with Crippen LogP contribution < -0.4 is 5.73 Å². The second-order valence-corrected chi connectivity index (χ2v) is 5.89. The molecule has 0 aliphatic heterocycles. The maximum absolute atomic E-state index is 6.09. The largest absolute Gasteiger partial charge is 0.440 e. The van der Waals surface area contributed by atoms with Gasteiger partial charge in [0.1, 0.15) is 5.52 Å². The van der Waals surface area contributed by atoms with Gasteiger partial charge in [0.25, 0.3) is 0 Å². The Kier molecular flexibility index (Phi) is 3.31. The van der Waals surface area contributed by atoms with Crippen molar-refractivity contribution in [1.29, 1.82) is 0 Å². The van der Waals surface area contributed by atoms with E-state index in [1.165, 1.54) is 31.2 Å². The van der Waals surface area contributed by atoms with Gasteiger partial charge in [-0.1, -0.05) is 31.7 Å². The van der Waals surface area contributed by atoms with Gasteiger partial charge >= 0.3 is 0 Å². The van der Waals surface area contributed by atoms with E-state index in [1.807, 2.05) is 6.07 Å². The molecule has 0 spiro atoms. The number of rotatable bonds is 2. The fourth-order valence-corrected chi connectivity index (χ4v) is 3.17. The molecule has 102 valence electrons. The topological polar surface area (TPSA) is 52.0 Å². The molecule has 2 aromatic rings. The molecule has 1 fully saturated rings. The molecule has 1 aromatic heterocycles. The van der Waals surface area contributed by atoms with E-state index >= 15 is 0 Å². The summed E-state index contributed by atoms with van der Waals surface area (Å²) in [5, 5.41) is 0. The molecule has 1 saturated carbocycles. The predicted octanol–water partition coefficient (Wildman–Crippen LogP) is 3.69. The molecular formula is C16H22N2O. The zero-order chi connectivity index (χ0) is 13.3. The first-order valence-electron chi connectivity index (χ1n) is 7.31. The summed E-state index contributed by atoms with van der Waals surface area (Å²) in [5.41, 5.74) is 9.11. The first-order valence-corrected chi connectivity index (χ1v) is 7.31. The molecule has 1 aliphatic carbocycles. The highest BCUT2D eigenvalue weighted by molar-refractivity contribution is 5.73. The minimum absolute atomic E-state index is 0.0383. The summed E-state index contributed by atoms with van der Waals surface area (Å²) >= 11 is 0. The Bertz CT molecular complexity index is 565. The summed E-state index contributed by atoms with van der Waals surface area (Å²) in [5.74, 6) is 0.859. The number of oxazole rings is 1. The van der Waals surface area contributed by atoms with Crippen LogP contribution in [0, 0.1) is 6.92 Å². The van der Waals surface area contributed by atoms with Crippen LogP contribution in [0.25, 0.3) is 11.1 Å². The van der Waals surface area contributed by atoms with E-state index in [4.69, 9.17) is 15.1 Å². The number of hydrogen-bond donors (Lipinski definition) is 1. The molecule has 1 heterocycles. The molecule has 0 radical (unpaired) electrons. The van der Waals surface area contributed by atoms with E-state index in [1.54, 1.807) is 0 Å².